The summed E-state index contributed by atoms with van der Waals surface area (Å²) in [6.45, 7) is 2.17. The monoisotopic (exact) mass is 293 g/mol. The first kappa shape index (κ1) is 13.6. The molecule has 0 unspecified atom stereocenters. The summed E-state index contributed by atoms with van der Waals surface area (Å²) in [6, 6.07) is 16.1. The van der Waals surface area contributed by atoms with Gasteiger partial charge in [0.15, 0.2) is 4.77 Å². The van der Waals surface area contributed by atoms with Gasteiger partial charge in [-0.1, -0.05) is 25.5 Å². The molecule has 0 amide bonds. The smallest absolute Gasteiger partial charge is 0.182 e. The number of aromatic amines is 1. The van der Waals surface area contributed by atoms with Crippen LogP contribution in [0.15, 0.2) is 42.5 Å². The highest BCUT2D eigenvalue weighted by Gasteiger charge is 2.07. The Balaban J connectivity index is 2.17. The van der Waals surface area contributed by atoms with Crippen molar-refractivity contribution >= 4 is 23.3 Å². The maximum Gasteiger partial charge on any atom is 0.182 e. The number of H-pyrrole nitrogens is 1. The van der Waals surface area contributed by atoms with Crippen LogP contribution < -0.4 is 0 Å². The van der Waals surface area contributed by atoms with Gasteiger partial charge >= 0.3 is 0 Å². The molecule has 0 radical (unpaired) electrons. The van der Waals surface area contributed by atoms with Gasteiger partial charge in [0, 0.05) is 5.69 Å². The lowest BCUT2D eigenvalue weighted by Crippen LogP contribution is -1.95. The third-order valence-corrected chi connectivity index (χ3v) is 3.83. The first-order valence-electron chi connectivity index (χ1n) is 6.97. The summed E-state index contributed by atoms with van der Waals surface area (Å²) >= 11 is 5.42. The minimum absolute atomic E-state index is 0.632. The van der Waals surface area contributed by atoms with Crippen LogP contribution in [0.2, 0.25) is 0 Å². The minimum Gasteiger partial charge on any atom is -0.330 e. The lowest BCUT2D eigenvalue weighted by atomic mass is 10.1. The predicted octanol–water partition coefficient (Wildman–Crippen LogP) is 4.51. The number of rotatable bonds is 3. The summed E-state index contributed by atoms with van der Waals surface area (Å²) in [6.07, 6.45) is 2.22. The molecule has 0 aliphatic rings. The van der Waals surface area contributed by atoms with Gasteiger partial charge in [-0.05, 0) is 54.5 Å². The van der Waals surface area contributed by atoms with Crippen LogP contribution in [0.25, 0.3) is 16.7 Å². The van der Waals surface area contributed by atoms with Crippen molar-refractivity contribution in [1.29, 1.82) is 5.26 Å². The molecule has 0 bridgehead atoms. The van der Waals surface area contributed by atoms with Crippen LogP contribution >= 0.6 is 12.2 Å². The largest absolute Gasteiger partial charge is 0.330 e. The van der Waals surface area contributed by atoms with E-state index in [1.54, 1.807) is 6.07 Å². The van der Waals surface area contributed by atoms with Crippen LogP contribution in [0.5, 0.6) is 0 Å². The Bertz CT molecular complexity index is 879. The van der Waals surface area contributed by atoms with Crippen molar-refractivity contribution in [3.8, 4) is 11.8 Å². The number of nitrogens with zero attached hydrogens (tertiary/aromatic N) is 2. The molecule has 0 aliphatic heterocycles. The molecule has 0 atom stereocenters. The van der Waals surface area contributed by atoms with Crippen molar-refractivity contribution in [2.24, 2.45) is 0 Å². The number of hydrogen-bond acceptors (Lipinski definition) is 2. The quantitative estimate of drug-likeness (QED) is 0.722. The van der Waals surface area contributed by atoms with E-state index in [0.717, 1.165) is 29.6 Å². The molecule has 3 aromatic rings. The summed E-state index contributed by atoms with van der Waals surface area (Å²) in [5.74, 6) is 0. The maximum absolute atomic E-state index is 9.07. The zero-order valence-electron chi connectivity index (χ0n) is 11.8. The van der Waals surface area contributed by atoms with E-state index < -0.39 is 0 Å². The van der Waals surface area contributed by atoms with Gasteiger partial charge in [-0.15, -0.1) is 0 Å². The van der Waals surface area contributed by atoms with E-state index in [1.807, 2.05) is 16.7 Å². The first-order valence-corrected chi connectivity index (χ1v) is 7.38. The van der Waals surface area contributed by atoms with Gasteiger partial charge in [-0.3, -0.25) is 4.57 Å². The van der Waals surface area contributed by atoms with Crippen LogP contribution in [0.4, 0.5) is 0 Å². The number of hydrogen-bond donors (Lipinski definition) is 1. The van der Waals surface area contributed by atoms with Gasteiger partial charge in [-0.25, -0.2) is 0 Å². The first-order chi connectivity index (χ1) is 10.2. The van der Waals surface area contributed by atoms with E-state index in [0.29, 0.717) is 10.3 Å². The Morgan fingerprint density at radius 3 is 2.62 bits per heavy atom. The Morgan fingerprint density at radius 2 is 1.95 bits per heavy atom. The molecule has 4 heteroatoms. The maximum atomic E-state index is 9.07. The van der Waals surface area contributed by atoms with E-state index in [4.69, 9.17) is 17.5 Å². The zero-order valence-corrected chi connectivity index (χ0v) is 12.6. The Morgan fingerprint density at radius 1 is 1.19 bits per heavy atom. The van der Waals surface area contributed by atoms with Crippen molar-refractivity contribution in [3.05, 3.63) is 58.4 Å². The average molecular weight is 293 g/mol. The molecule has 1 heterocycles. The number of imidazole rings is 1. The lowest BCUT2D eigenvalue weighted by Gasteiger charge is -2.06. The summed E-state index contributed by atoms with van der Waals surface area (Å²) in [7, 11) is 0. The lowest BCUT2D eigenvalue weighted by molar-refractivity contribution is 0.920. The fraction of sp³-hybridized carbons (Fsp3) is 0.176. The van der Waals surface area contributed by atoms with E-state index in [9.17, 15) is 0 Å². The zero-order chi connectivity index (χ0) is 14.8. The average Bonchev–Trinajstić information content (AvgIpc) is 2.83. The topological polar surface area (TPSA) is 44.5 Å². The van der Waals surface area contributed by atoms with Crippen LogP contribution in [0.1, 0.15) is 24.5 Å². The fourth-order valence-corrected chi connectivity index (χ4v) is 2.84. The number of nitriles is 1. The molecule has 3 nitrogen and oxygen atoms in total. The fourth-order valence-electron chi connectivity index (χ4n) is 2.53. The highest BCUT2D eigenvalue weighted by atomic mass is 32.1. The molecule has 1 N–H and O–H groups in total. The van der Waals surface area contributed by atoms with E-state index in [-0.39, 0.29) is 0 Å². The van der Waals surface area contributed by atoms with Gasteiger partial charge in [0.1, 0.15) is 0 Å². The van der Waals surface area contributed by atoms with Crippen LogP contribution in [-0.4, -0.2) is 9.55 Å². The molecule has 0 aliphatic carbocycles. The summed E-state index contributed by atoms with van der Waals surface area (Å²) in [5, 5.41) is 9.07. The molecular weight excluding hydrogens is 278 g/mol. The van der Waals surface area contributed by atoms with E-state index >= 15 is 0 Å². The summed E-state index contributed by atoms with van der Waals surface area (Å²) in [5.41, 5.74) is 4.85. The van der Waals surface area contributed by atoms with Gasteiger partial charge < -0.3 is 4.98 Å². The number of aromatic nitrogens is 2. The Hall–Kier alpha value is -2.38. The molecule has 21 heavy (non-hydrogen) atoms. The standard InChI is InChI=1S/C17H15N3S/c1-2-3-12-4-7-14(8-5-12)20-16-10-13(11-18)6-9-15(16)19-17(20)21/h4-10H,2-3H2,1H3,(H,19,21). The number of nitrogens with one attached hydrogen (secondary N) is 1. The molecule has 2 aromatic carbocycles. The molecule has 0 fully saturated rings. The second-order valence-corrected chi connectivity index (χ2v) is 5.41. The second kappa shape index (κ2) is 5.55. The van der Waals surface area contributed by atoms with E-state index in [2.05, 4.69) is 42.2 Å². The second-order valence-electron chi connectivity index (χ2n) is 5.03. The normalized spacial score (nSPS) is 10.7. The molecule has 0 saturated heterocycles. The predicted molar refractivity (Wildman–Crippen MR) is 87.2 cm³/mol. The summed E-state index contributed by atoms with van der Waals surface area (Å²) in [4.78, 5) is 3.18. The van der Waals surface area contributed by atoms with Crippen molar-refractivity contribution in [3.63, 3.8) is 0 Å². The van der Waals surface area contributed by atoms with Crippen LogP contribution in [-0.2, 0) is 6.42 Å². The van der Waals surface area contributed by atoms with Gasteiger partial charge in [-0.2, -0.15) is 5.26 Å². The minimum atomic E-state index is 0.632. The highest BCUT2D eigenvalue weighted by Crippen LogP contribution is 2.21. The number of aryl methyl sites for hydroxylation is 1. The molecule has 0 spiro atoms. The molecular formula is C17H15N3S. The Labute approximate surface area is 128 Å². The van der Waals surface area contributed by atoms with Crippen LogP contribution in [0.3, 0.4) is 0 Å². The molecule has 0 saturated carbocycles. The third-order valence-electron chi connectivity index (χ3n) is 3.55. The Kier molecular flexibility index (Phi) is 3.59. The van der Waals surface area contributed by atoms with Crippen molar-refractivity contribution in [1.82, 2.24) is 9.55 Å². The van der Waals surface area contributed by atoms with Gasteiger partial charge in [0.2, 0.25) is 0 Å². The van der Waals surface area contributed by atoms with Gasteiger partial charge in [0.05, 0.1) is 22.7 Å². The molecule has 104 valence electrons. The summed E-state index contributed by atoms with van der Waals surface area (Å²) < 4.78 is 2.62. The third kappa shape index (κ3) is 2.48. The molecule has 1 aromatic heterocycles. The van der Waals surface area contributed by atoms with Crippen LogP contribution in [0, 0.1) is 16.1 Å². The molecule has 3 rings (SSSR count). The van der Waals surface area contributed by atoms with Crippen molar-refractivity contribution < 1.29 is 0 Å². The highest BCUT2D eigenvalue weighted by molar-refractivity contribution is 7.71. The number of benzene rings is 2. The van der Waals surface area contributed by atoms with Crippen molar-refractivity contribution in [2.75, 3.05) is 0 Å². The van der Waals surface area contributed by atoms with Gasteiger partial charge in [0.25, 0.3) is 0 Å². The van der Waals surface area contributed by atoms with Crippen molar-refractivity contribution in [2.45, 2.75) is 19.8 Å². The number of fused-ring (bicyclic) bond motifs is 1. The van der Waals surface area contributed by atoms with E-state index in [1.165, 1.54) is 5.56 Å². The SMILES string of the molecule is CCCc1ccc(-n2c(=S)[nH]c3ccc(C#N)cc32)cc1.